The lowest BCUT2D eigenvalue weighted by Crippen LogP contribution is -2.43. The first-order valence-electron chi connectivity index (χ1n) is 10.9. The zero-order chi connectivity index (χ0) is 21.8. The number of anilines is 2. The number of carbonyl (C=O) groups excluding carboxylic acids is 1. The predicted octanol–water partition coefficient (Wildman–Crippen LogP) is 3.86. The number of carbonyl (C=O) groups is 1. The van der Waals surface area contributed by atoms with Gasteiger partial charge >= 0.3 is 0 Å². The Morgan fingerprint density at radius 2 is 1.61 bits per heavy atom. The predicted molar refractivity (Wildman–Crippen MR) is 125 cm³/mol. The number of piperidine rings is 1. The molecule has 0 atom stereocenters. The molecule has 0 aliphatic carbocycles. The van der Waals surface area contributed by atoms with E-state index in [1.165, 1.54) is 25.5 Å². The summed E-state index contributed by atoms with van der Waals surface area (Å²) in [6.45, 7) is 3.97. The van der Waals surface area contributed by atoms with Crippen LogP contribution in [0.2, 0.25) is 0 Å². The highest BCUT2D eigenvalue weighted by atomic mass is 32.2. The molecule has 1 saturated heterocycles. The van der Waals surface area contributed by atoms with Crippen LogP contribution >= 0.6 is 11.8 Å². The molecule has 0 radical (unpaired) electrons. The van der Waals surface area contributed by atoms with Crippen LogP contribution in [0.1, 0.15) is 26.2 Å². The highest BCUT2D eigenvalue weighted by Crippen LogP contribution is 2.47. The molecule has 2 aliphatic rings. The highest BCUT2D eigenvalue weighted by Gasteiger charge is 2.30. The lowest BCUT2D eigenvalue weighted by molar-refractivity contribution is -0.126. The molecule has 2 aliphatic heterocycles. The van der Waals surface area contributed by atoms with Crippen molar-refractivity contribution >= 4 is 39.1 Å². The van der Waals surface area contributed by atoms with E-state index >= 15 is 0 Å². The Morgan fingerprint density at radius 3 is 2.19 bits per heavy atom. The van der Waals surface area contributed by atoms with Gasteiger partial charge in [-0.25, -0.2) is 12.7 Å². The minimum absolute atomic E-state index is 0.0450. The first kappa shape index (κ1) is 22.2. The normalized spacial score (nSPS) is 17.1. The highest BCUT2D eigenvalue weighted by molar-refractivity contribution is 7.99. The molecule has 8 heteroatoms. The van der Waals surface area contributed by atoms with Gasteiger partial charge in [-0.2, -0.15) is 0 Å². The lowest BCUT2D eigenvalue weighted by atomic mass is 9.97. The van der Waals surface area contributed by atoms with E-state index in [2.05, 4.69) is 58.7 Å². The van der Waals surface area contributed by atoms with Crippen LogP contribution in [0.3, 0.4) is 0 Å². The average Bonchev–Trinajstić information content (AvgIpc) is 2.81. The van der Waals surface area contributed by atoms with Gasteiger partial charge in [0.2, 0.25) is 15.9 Å². The largest absolute Gasteiger partial charge is 0.356 e. The third-order valence-electron chi connectivity index (χ3n) is 5.97. The summed E-state index contributed by atoms with van der Waals surface area (Å²) in [4.78, 5) is 17.4. The number of hydrogen-bond donors (Lipinski definition) is 1. The van der Waals surface area contributed by atoms with Crippen LogP contribution in [-0.2, 0) is 14.8 Å². The Hall–Kier alpha value is -2.03. The number of benzene rings is 2. The van der Waals surface area contributed by atoms with Crippen molar-refractivity contribution in [2.24, 2.45) is 5.92 Å². The van der Waals surface area contributed by atoms with Crippen molar-refractivity contribution < 1.29 is 13.2 Å². The van der Waals surface area contributed by atoms with Gasteiger partial charge in [-0.05, 0) is 50.5 Å². The van der Waals surface area contributed by atoms with E-state index in [0.717, 1.165) is 13.0 Å². The summed E-state index contributed by atoms with van der Waals surface area (Å²) in [7, 11) is -3.16. The number of rotatable bonds is 7. The van der Waals surface area contributed by atoms with Crippen LogP contribution in [0.5, 0.6) is 0 Å². The number of nitrogens with zero attached hydrogens (tertiary/aromatic N) is 2. The van der Waals surface area contributed by atoms with Gasteiger partial charge in [-0.1, -0.05) is 36.0 Å². The van der Waals surface area contributed by atoms with Gasteiger partial charge in [0.25, 0.3) is 0 Å². The molecule has 2 heterocycles. The topological polar surface area (TPSA) is 69.7 Å². The molecule has 0 saturated carbocycles. The third-order valence-corrected chi connectivity index (χ3v) is 8.98. The van der Waals surface area contributed by atoms with E-state index in [1.807, 2.05) is 0 Å². The van der Waals surface area contributed by atoms with Crippen LogP contribution in [-0.4, -0.2) is 50.6 Å². The van der Waals surface area contributed by atoms with E-state index in [0.29, 0.717) is 32.5 Å². The molecule has 2 aromatic carbocycles. The van der Waals surface area contributed by atoms with E-state index in [-0.39, 0.29) is 17.6 Å². The molecule has 0 unspecified atom stereocenters. The third kappa shape index (κ3) is 4.91. The van der Waals surface area contributed by atoms with Crippen LogP contribution in [0.4, 0.5) is 11.4 Å². The summed E-state index contributed by atoms with van der Waals surface area (Å²) in [5.41, 5.74) is 2.42. The Labute approximate surface area is 189 Å². The Kier molecular flexibility index (Phi) is 6.89. The average molecular weight is 460 g/mol. The van der Waals surface area contributed by atoms with Gasteiger partial charge in [0.15, 0.2) is 0 Å². The maximum Gasteiger partial charge on any atom is 0.223 e. The van der Waals surface area contributed by atoms with Crippen LogP contribution in [0.25, 0.3) is 0 Å². The number of fused-ring (bicyclic) bond motifs is 2. The molecule has 31 heavy (non-hydrogen) atoms. The smallest absolute Gasteiger partial charge is 0.223 e. The minimum atomic E-state index is -3.16. The van der Waals surface area contributed by atoms with Crippen LogP contribution in [0, 0.1) is 5.92 Å². The Balaban J connectivity index is 1.29. The molecule has 4 rings (SSSR count). The standard InChI is InChI=1S/C23H29N3O3S2/c1-2-31(28,29)25-16-12-18(13-17-25)23(27)24-14-7-15-26-19-8-3-5-10-21(19)30-22-11-6-4-9-20(22)26/h3-6,8-11,18H,2,7,12-17H2,1H3,(H,24,27). The van der Waals surface area contributed by atoms with Crippen molar-refractivity contribution in [1.82, 2.24) is 9.62 Å². The molecule has 2 aromatic rings. The van der Waals surface area contributed by atoms with Gasteiger partial charge in [0.1, 0.15) is 0 Å². The Morgan fingerprint density at radius 1 is 1.03 bits per heavy atom. The van der Waals surface area contributed by atoms with Gasteiger partial charge < -0.3 is 10.2 Å². The second-order valence-electron chi connectivity index (χ2n) is 7.91. The maximum atomic E-state index is 12.6. The quantitative estimate of drug-likeness (QED) is 0.637. The molecule has 6 nitrogen and oxygen atoms in total. The number of amides is 1. The summed E-state index contributed by atoms with van der Waals surface area (Å²) >= 11 is 1.79. The van der Waals surface area contributed by atoms with Crippen molar-refractivity contribution in [2.45, 2.75) is 36.0 Å². The number of para-hydroxylation sites is 2. The molecule has 166 valence electrons. The zero-order valence-corrected chi connectivity index (χ0v) is 19.4. The van der Waals surface area contributed by atoms with Gasteiger partial charge in [-0.15, -0.1) is 0 Å². The molecule has 1 amide bonds. The summed E-state index contributed by atoms with van der Waals surface area (Å²) in [5.74, 6) is 0.0604. The van der Waals surface area contributed by atoms with Gasteiger partial charge in [0, 0.05) is 41.9 Å². The molecular weight excluding hydrogens is 430 g/mol. The number of hydrogen-bond acceptors (Lipinski definition) is 5. The first-order valence-corrected chi connectivity index (χ1v) is 13.3. The lowest BCUT2D eigenvalue weighted by Gasteiger charge is -2.33. The summed E-state index contributed by atoms with van der Waals surface area (Å²) in [6.07, 6.45) is 2.02. The summed E-state index contributed by atoms with van der Waals surface area (Å²) in [6, 6.07) is 16.8. The van der Waals surface area contributed by atoms with Crippen molar-refractivity contribution in [3.05, 3.63) is 48.5 Å². The van der Waals surface area contributed by atoms with E-state index < -0.39 is 10.0 Å². The van der Waals surface area contributed by atoms with Gasteiger partial charge in [0.05, 0.1) is 17.1 Å². The van der Waals surface area contributed by atoms with E-state index in [1.54, 1.807) is 18.7 Å². The van der Waals surface area contributed by atoms with Crippen molar-refractivity contribution in [1.29, 1.82) is 0 Å². The maximum absolute atomic E-state index is 12.6. The fraction of sp³-hybridized carbons (Fsp3) is 0.435. The van der Waals surface area contributed by atoms with Crippen molar-refractivity contribution in [3.8, 4) is 0 Å². The van der Waals surface area contributed by atoms with E-state index in [4.69, 9.17) is 0 Å². The second kappa shape index (κ2) is 9.63. The SMILES string of the molecule is CCS(=O)(=O)N1CCC(C(=O)NCCCN2c3ccccc3Sc3ccccc32)CC1. The number of sulfonamides is 1. The monoisotopic (exact) mass is 459 g/mol. The first-order chi connectivity index (χ1) is 15.0. The Bertz CT molecular complexity index is 988. The molecule has 0 aromatic heterocycles. The van der Waals surface area contributed by atoms with Gasteiger partial charge in [-0.3, -0.25) is 4.79 Å². The molecule has 1 N–H and O–H groups in total. The molecular formula is C23H29N3O3S2. The van der Waals surface area contributed by atoms with Crippen LogP contribution in [0.15, 0.2) is 58.3 Å². The van der Waals surface area contributed by atoms with Crippen molar-refractivity contribution in [2.75, 3.05) is 36.8 Å². The fourth-order valence-electron chi connectivity index (χ4n) is 4.19. The summed E-state index contributed by atoms with van der Waals surface area (Å²) < 4.78 is 25.5. The summed E-state index contributed by atoms with van der Waals surface area (Å²) in [5, 5.41) is 3.07. The fourth-order valence-corrected chi connectivity index (χ4v) is 6.42. The van der Waals surface area contributed by atoms with Crippen molar-refractivity contribution in [3.63, 3.8) is 0 Å². The zero-order valence-electron chi connectivity index (χ0n) is 17.8. The minimum Gasteiger partial charge on any atom is -0.356 e. The number of nitrogens with one attached hydrogen (secondary N) is 1. The molecule has 0 bridgehead atoms. The van der Waals surface area contributed by atoms with Crippen LogP contribution < -0.4 is 10.2 Å². The van der Waals surface area contributed by atoms with E-state index in [9.17, 15) is 13.2 Å². The second-order valence-corrected chi connectivity index (χ2v) is 11.2. The molecule has 0 spiro atoms. The molecule has 1 fully saturated rings.